The molecule has 4 atom stereocenters. The SMILES string of the molecule is CC=C1NC(=O)C2CSSCCC=CC(CC(=O)NC(C(C)C)C(=O)N2)OC(=O)C(C(C)C)CC1=O. The van der Waals surface area contributed by atoms with Crippen molar-refractivity contribution in [3.05, 3.63) is 23.9 Å². The third kappa shape index (κ3) is 8.99. The molecule has 0 saturated carbocycles. The van der Waals surface area contributed by atoms with Crippen LogP contribution in [0.5, 0.6) is 0 Å². The molecule has 0 aliphatic carbocycles. The van der Waals surface area contributed by atoms with Crippen LogP contribution < -0.4 is 16.0 Å². The van der Waals surface area contributed by atoms with Gasteiger partial charge in [-0.1, -0.05) is 61.4 Å². The van der Waals surface area contributed by atoms with E-state index in [9.17, 15) is 24.0 Å². The number of Topliss-reactive ketones (excluding diaryl/α,β-unsaturated/α-hetero) is 1. The van der Waals surface area contributed by atoms with Gasteiger partial charge in [-0.3, -0.25) is 24.0 Å². The van der Waals surface area contributed by atoms with E-state index in [0.717, 1.165) is 5.75 Å². The van der Waals surface area contributed by atoms with E-state index >= 15 is 0 Å². The highest BCUT2D eigenvalue weighted by molar-refractivity contribution is 8.76. The van der Waals surface area contributed by atoms with Gasteiger partial charge in [0.2, 0.25) is 17.7 Å². The molecule has 0 aromatic carbocycles. The van der Waals surface area contributed by atoms with E-state index in [0.29, 0.717) is 6.42 Å². The number of fused-ring (bicyclic) bond motifs is 7. The first kappa shape index (κ1) is 30.0. The topological polar surface area (TPSA) is 131 Å². The van der Waals surface area contributed by atoms with Crippen molar-refractivity contribution < 1.29 is 28.7 Å². The number of amides is 3. The molecule has 0 aromatic rings. The van der Waals surface area contributed by atoms with Crippen LogP contribution >= 0.6 is 21.6 Å². The van der Waals surface area contributed by atoms with Crippen LogP contribution in [0, 0.1) is 17.8 Å². The van der Waals surface area contributed by atoms with Crippen molar-refractivity contribution in [1.82, 2.24) is 16.0 Å². The Labute approximate surface area is 220 Å². The third-order valence-electron chi connectivity index (χ3n) is 5.95. The molecule has 2 aliphatic rings. The maximum Gasteiger partial charge on any atom is 0.310 e. The maximum atomic E-state index is 13.2. The molecule has 0 aromatic heterocycles. The second kappa shape index (κ2) is 14.5. The lowest BCUT2D eigenvalue weighted by Gasteiger charge is -2.27. The average Bonchev–Trinajstić information content (AvgIpc) is 2.81. The van der Waals surface area contributed by atoms with E-state index in [2.05, 4.69) is 16.0 Å². The molecule has 1 saturated heterocycles. The number of esters is 1. The molecule has 36 heavy (non-hydrogen) atoms. The van der Waals surface area contributed by atoms with E-state index in [1.54, 1.807) is 26.8 Å². The number of ketones is 1. The molecule has 3 amide bonds. The quantitative estimate of drug-likeness (QED) is 0.211. The van der Waals surface area contributed by atoms with Gasteiger partial charge in [0.25, 0.3) is 0 Å². The molecule has 200 valence electrons. The van der Waals surface area contributed by atoms with Gasteiger partial charge in [-0.25, -0.2) is 0 Å². The number of carbonyl (C=O) groups excluding carboxylic acids is 5. The number of hydrogen-bond acceptors (Lipinski definition) is 8. The summed E-state index contributed by atoms with van der Waals surface area (Å²) in [6.07, 6.45) is 4.55. The van der Waals surface area contributed by atoms with Gasteiger partial charge in [0.1, 0.15) is 18.2 Å². The zero-order chi connectivity index (χ0) is 26.8. The Bertz CT molecular complexity index is 902. The fourth-order valence-electron chi connectivity index (χ4n) is 3.74. The number of carbonyl (C=O) groups is 5. The van der Waals surface area contributed by atoms with Crippen molar-refractivity contribution in [2.45, 2.75) is 72.1 Å². The predicted octanol–water partition coefficient (Wildman–Crippen LogP) is 2.52. The molecule has 2 bridgehead atoms. The van der Waals surface area contributed by atoms with Crippen LogP contribution in [0.25, 0.3) is 0 Å². The van der Waals surface area contributed by atoms with Crippen molar-refractivity contribution >= 4 is 51.1 Å². The minimum absolute atomic E-state index is 0.0666. The third-order valence-corrected chi connectivity index (χ3v) is 8.40. The van der Waals surface area contributed by atoms with Crippen LogP contribution in [0.3, 0.4) is 0 Å². The molecule has 2 heterocycles. The van der Waals surface area contributed by atoms with E-state index in [4.69, 9.17) is 4.74 Å². The summed E-state index contributed by atoms with van der Waals surface area (Å²) in [5.41, 5.74) is 0.0666. The number of nitrogens with one attached hydrogen (secondary N) is 3. The van der Waals surface area contributed by atoms with Gasteiger partial charge in [-0.15, -0.1) is 0 Å². The first-order valence-corrected chi connectivity index (χ1v) is 14.7. The highest BCUT2D eigenvalue weighted by Crippen LogP contribution is 2.25. The van der Waals surface area contributed by atoms with E-state index in [-0.39, 0.29) is 36.1 Å². The summed E-state index contributed by atoms with van der Waals surface area (Å²) in [7, 11) is 2.98. The Morgan fingerprint density at radius 1 is 0.972 bits per heavy atom. The molecule has 4 unspecified atom stereocenters. The zero-order valence-corrected chi connectivity index (χ0v) is 23.1. The molecule has 0 radical (unpaired) electrons. The van der Waals surface area contributed by atoms with Crippen LogP contribution in [0.4, 0.5) is 0 Å². The number of allylic oxidation sites excluding steroid dienone is 3. The summed E-state index contributed by atoms with van der Waals surface area (Å²) < 4.78 is 5.71. The fraction of sp³-hybridized carbons (Fsp3) is 0.640. The molecule has 2 rings (SSSR count). The molecule has 1 fully saturated rings. The lowest BCUT2D eigenvalue weighted by atomic mass is 9.89. The molecule has 0 spiro atoms. The lowest BCUT2D eigenvalue weighted by Crippen LogP contribution is -2.56. The summed E-state index contributed by atoms with van der Waals surface area (Å²) in [5, 5.41) is 8.14. The van der Waals surface area contributed by atoms with E-state index < -0.39 is 53.6 Å². The van der Waals surface area contributed by atoms with Gasteiger partial charge in [0.15, 0.2) is 5.78 Å². The average molecular weight is 540 g/mol. The van der Waals surface area contributed by atoms with Crippen LogP contribution in [0.1, 0.15) is 53.9 Å². The van der Waals surface area contributed by atoms with Crippen LogP contribution in [0.15, 0.2) is 23.9 Å². The Kier molecular flexibility index (Phi) is 12.0. The second-order valence-electron chi connectivity index (χ2n) is 9.52. The largest absolute Gasteiger partial charge is 0.457 e. The summed E-state index contributed by atoms with van der Waals surface area (Å²) >= 11 is 0. The van der Waals surface area contributed by atoms with Crippen molar-refractivity contribution in [2.75, 3.05) is 11.5 Å². The smallest absolute Gasteiger partial charge is 0.310 e. The fourth-order valence-corrected chi connectivity index (χ4v) is 5.90. The Morgan fingerprint density at radius 2 is 1.69 bits per heavy atom. The standard InChI is InChI=1S/C25H37N3O6S2/c1-6-18-20(29)12-17(14(2)3)25(33)34-16-9-7-8-10-35-36-13-19(23(31)26-18)27-24(32)22(15(4)5)28-21(30)11-16/h6-7,9,14-17,19,22H,8,10-13H2,1-5H3,(H,26,31)(H,27,32)(H,28,30). The first-order chi connectivity index (χ1) is 17.0. The summed E-state index contributed by atoms with van der Waals surface area (Å²) in [5.74, 6) is -2.70. The van der Waals surface area contributed by atoms with Crippen LogP contribution in [-0.4, -0.2) is 59.2 Å². The van der Waals surface area contributed by atoms with E-state index in [1.165, 1.54) is 27.7 Å². The van der Waals surface area contributed by atoms with Crippen molar-refractivity contribution in [1.29, 1.82) is 0 Å². The normalized spacial score (nSPS) is 29.0. The van der Waals surface area contributed by atoms with Crippen LogP contribution in [-0.2, 0) is 28.7 Å². The van der Waals surface area contributed by atoms with Gasteiger partial charge in [0.05, 0.1) is 18.0 Å². The molecular weight excluding hydrogens is 502 g/mol. The summed E-state index contributed by atoms with van der Waals surface area (Å²) in [4.78, 5) is 65.4. The Hall–Kier alpha value is -2.27. The lowest BCUT2D eigenvalue weighted by molar-refractivity contribution is -0.155. The first-order valence-electron chi connectivity index (χ1n) is 12.2. The van der Waals surface area contributed by atoms with Crippen LogP contribution in [0.2, 0.25) is 0 Å². The van der Waals surface area contributed by atoms with E-state index in [1.807, 2.05) is 19.9 Å². The Morgan fingerprint density at radius 3 is 2.33 bits per heavy atom. The number of rotatable bonds is 2. The molecule has 11 heteroatoms. The Balaban J connectivity index is 2.55. The minimum atomic E-state index is -0.928. The molecule has 3 N–H and O–H groups in total. The van der Waals surface area contributed by atoms with Crippen molar-refractivity contribution in [2.24, 2.45) is 17.8 Å². The van der Waals surface area contributed by atoms with Crippen molar-refractivity contribution in [3.63, 3.8) is 0 Å². The van der Waals surface area contributed by atoms with Gasteiger partial charge in [0, 0.05) is 17.9 Å². The highest BCUT2D eigenvalue weighted by atomic mass is 33.1. The number of ether oxygens (including phenoxy) is 1. The summed E-state index contributed by atoms with van der Waals surface area (Å²) in [6, 6.07) is -1.82. The monoisotopic (exact) mass is 539 g/mol. The number of hydrogen-bond donors (Lipinski definition) is 3. The minimum Gasteiger partial charge on any atom is -0.457 e. The van der Waals surface area contributed by atoms with Gasteiger partial charge >= 0.3 is 5.97 Å². The molecular formula is C25H37N3O6S2. The zero-order valence-electron chi connectivity index (χ0n) is 21.5. The predicted molar refractivity (Wildman–Crippen MR) is 142 cm³/mol. The maximum absolute atomic E-state index is 13.2. The van der Waals surface area contributed by atoms with Gasteiger partial charge in [-0.05, 0) is 31.3 Å². The van der Waals surface area contributed by atoms with Gasteiger partial charge < -0.3 is 20.7 Å². The highest BCUT2D eigenvalue weighted by Gasteiger charge is 2.34. The van der Waals surface area contributed by atoms with Crippen molar-refractivity contribution in [3.8, 4) is 0 Å². The molecule has 9 nitrogen and oxygen atoms in total. The molecule has 2 aliphatic heterocycles. The second-order valence-corrected chi connectivity index (χ2v) is 12.1. The summed E-state index contributed by atoms with van der Waals surface area (Å²) in [6.45, 7) is 8.84. The van der Waals surface area contributed by atoms with Gasteiger partial charge in [-0.2, -0.15) is 0 Å².